The van der Waals surface area contributed by atoms with Gasteiger partial charge in [-0.1, -0.05) is 0 Å². The molecule has 0 aromatic carbocycles. The van der Waals surface area contributed by atoms with E-state index in [9.17, 15) is 5.11 Å². The quantitative estimate of drug-likeness (QED) is 0.759. The summed E-state index contributed by atoms with van der Waals surface area (Å²) in [5.74, 6) is 0. The number of hydrogen-bond donors (Lipinski definition) is 1. The molecule has 5 nitrogen and oxygen atoms in total. The van der Waals surface area contributed by atoms with Crippen molar-refractivity contribution in [3.63, 3.8) is 0 Å². The molecular weight excluding hydrogens is 232 g/mol. The van der Waals surface area contributed by atoms with Crippen LogP contribution in [-0.2, 0) is 9.47 Å². The molecule has 2 aliphatic rings. The number of aliphatic hydroxyl groups is 1. The van der Waals surface area contributed by atoms with Crippen LogP contribution in [0.25, 0.3) is 0 Å². The third-order valence-corrected chi connectivity index (χ3v) is 4.27. The third-order valence-electron chi connectivity index (χ3n) is 4.27. The van der Waals surface area contributed by atoms with Crippen LogP contribution >= 0.6 is 0 Å². The number of nitrogens with zero attached hydrogens (tertiary/aromatic N) is 2. The molecule has 0 radical (unpaired) electrons. The highest BCUT2D eigenvalue weighted by atomic mass is 16.5. The van der Waals surface area contributed by atoms with E-state index in [1.807, 2.05) is 0 Å². The number of aliphatic hydroxyl groups excluding tert-OH is 1. The van der Waals surface area contributed by atoms with Crippen LogP contribution in [-0.4, -0.2) is 86.2 Å². The predicted molar refractivity (Wildman–Crippen MR) is 69.7 cm³/mol. The van der Waals surface area contributed by atoms with E-state index in [4.69, 9.17) is 9.47 Å². The zero-order chi connectivity index (χ0) is 13.1. The largest absolute Gasteiger partial charge is 0.395 e. The Labute approximate surface area is 110 Å². The molecule has 0 aromatic heterocycles. The fourth-order valence-electron chi connectivity index (χ4n) is 2.86. The van der Waals surface area contributed by atoms with Crippen molar-refractivity contribution in [1.29, 1.82) is 0 Å². The molecule has 2 rings (SSSR count). The van der Waals surface area contributed by atoms with Gasteiger partial charge in [0, 0.05) is 18.6 Å². The number of rotatable bonds is 3. The van der Waals surface area contributed by atoms with Gasteiger partial charge in [-0.05, 0) is 27.4 Å². The first-order chi connectivity index (χ1) is 8.61. The van der Waals surface area contributed by atoms with Crippen LogP contribution in [0.2, 0.25) is 0 Å². The number of likely N-dealkylation sites (N-methyl/N-ethyl adjacent to an activating group) is 2. The van der Waals surface area contributed by atoms with E-state index in [1.54, 1.807) is 0 Å². The molecule has 18 heavy (non-hydrogen) atoms. The summed E-state index contributed by atoms with van der Waals surface area (Å²) in [5.41, 5.74) is 0. The molecule has 0 aliphatic carbocycles. The lowest BCUT2D eigenvalue weighted by molar-refractivity contribution is -0.0846. The Morgan fingerprint density at radius 3 is 2.50 bits per heavy atom. The highest BCUT2D eigenvalue weighted by molar-refractivity contribution is 4.86. The minimum atomic E-state index is 0.137. The SMILES string of the molecule is CC1CN(C)C(CC2COC[C@@H](CO)N2C)CO1. The van der Waals surface area contributed by atoms with Crippen molar-refractivity contribution in [3.8, 4) is 0 Å². The van der Waals surface area contributed by atoms with Gasteiger partial charge in [0.2, 0.25) is 0 Å². The maximum absolute atomic E-state index is 9.32. The monoisotopic (exact) mass is 258 g/mol. The standard InChI is InChI=1S/C13H26N2O3/c1-10-5-14(2)11(9-18-10)4-12-7-17-8-13(6-16)15(12)3/h10-13,16H,4-9H2,1-3H3/t10?,11?,12?,13-/m1/s1. The minimum absolute atomic E-state index is 0.137. The Morgan fingerprint density at radius 2 is 1.83 bits per heavy atom. The van der Waals surface area contributed by atoms with Crippen LogP contribution in [0.4, 0.5) is 0 Å². The van der Waals surface area contributed by atoms with E-state index in [1.165, 1.54) is 0 Å². The summed E-state index contributed by atoms with van der Waals surface area (Å²) in [6.45, 7) is 5.47. The van der Waals surface area contributed by atoms with E-state index in [2.05, 4.69) is 30.8 Å². The van der Waals surface area contributed by atoms with Crippen LogP contribution < -0.4 is 0 Å². The molecule has 0 amide bonds. The van der Waals surface area contributed by atoms with Gasteiger partial charge >= 0.3 is 0 Å². The molecule has 5 heteroatoms. The third kappa shape index (κ3) is 3.22. The summed E-state index contributed by atoms with van der Waals surface area (Å²) in [4.78, 5) is 4.64. The molecule has 0 saturated carbocycles. The molecule has 3 unspecified atom stereocenters. The van der Waals surface area contributed by atoms with Crippen molar-refractivity contribution in [1.82, 2.24) is 9.80 Å². The van der Waals surface area contributed by atoms with Crippen LogP contribution in [0.15, 0.2) is 0 Å². The van der Waals surface area contributed by atoms with E-state index < -0.39 is 0 Å². The van der Waals surface area contributed by atoms with Crippen LogP contribution in [0, 0.1) is 0 Å². The summed E-state index contributed by atoms with van der Waals surface area (Å²) in [6.07, 6.45) is 1.37. The van der Waals surface area contributed by atoms with E-state index in [0.29, 0.717) is 24.8 Å². The summed E-state index contributed by atoms with van der Waals surface area (Å²) in [6, 6.07) is 0.965. The smallest absolute Gasteiger partial charge is 0.0674 e. The fraction of sp³-hybridized carbons (Fsp3) is 1.00. The van der Waals surface area contributed by atoms with Crippen molar-refractivity contribution < 1.29 is 14.6 Å². The second-order valence-electron chi connectivity index (χ2n) is 5.67. The van der Waals surface area contributed by atoms with Crippen molar-refractivity contribution >= 4 is 0 Å². The Morgan fingerprint density at radius 1 is 1.11 bits per heavy atom. The second kappa shape index (κ2) is 6.30. The predicted octanol–water partition coefficient (Wildman–Crippen LogP) is -0.213. The van der Waals surface area contributed by atoms with Gasteiger partial charge in [-0.15, -0.1) is 0 Å². The average molecular weight is 258 g/mol. The van der Waals surface area contributed by atoms with Crippen LogP contribution in [0.3, 0.4) is 0 Å². The first-order valence-electron chi connectivity index (χ1n) is 6.84. The molecule has 106 valence electrons. The summed E-state index contributed by atoms with van der Waals surface area (Å²) in [5, 5.41) is 9.32. The molecule has 4 atom stereocenters. The molecule has 2 heterocycles. The molecule has 0 bridgehead atoms. The number of morpholine rings is 2. The van der Waals surface area contributed by atoms with Crippen molar-refractivity contribution in [3.05, 3.63) is 0 Å². The number of ether oxygens (including phenoxy) is 2. The first-order valence-corrected chi connectivity index (χ1v) is 6.84. The number of hydrogen-bond acceptors (Lipinski definition) is 5. The Hall–Kier alpha value is -0.200. The summed E-state index contributed by atoms with van der Waals surface area (Å²) in [7, 11) is 4.25. The first kappa shape index (κ1) is 14.2. The molecule has 1 N–H and O–H groups in total. The molecule has 0 aromatic rings. The molecule has 2 aliphatic heterocycles. The van der Waals surface area contributed by atoms with Gasteiger partial charge in [-0.3, -0.25) is 9.80 Å². The van der Waals surface area contributed by atoms with Gasteiger partial charge in [-0.25, -0.2) is 0 Å². The maximum Gasteiger partial charge on any atom is 0.0674 e. The van der Waals surface area contributed by atoms with Gasteiger partial charge in [0.15, 0.2) is 0 Å². The van der Waals surface area contributed by atoms with E-state index in [0.717, 1.165) is 26.2 Å². The van der Waals surface area contributed by atoms with Gasteiger partial charge in [0.05, 0.1) is 38.6 Å². The molecule has 0 spiro atoms. The highest BCUT2D eigenvalue weighted by Gasteiger charge is 2.32. The Balaban J connectivity index is 1.88. The van der Waals surface area contributed by atoms with Gasteiger partial charge in [-0.2, -0.15) is 0 Å². The van der Waals surface area contributed by atoms with Crippen LogP contribution in [0.1, 0.15) is 13.3 Å². The lowest BCUT2D eigenvalue weighted by atomic mass is 10.0. The average Bonchev–Trinajstić information content (AvgIpc) is 2.35. The Bertz CT molecular complexity index is 265. The lowest BCUT2D eigenvalue weighted by Gasteiger charge is -2.43. The van der Waals surface area contributed by atoms with E-state index >= 15 is 0 Å². The topological polar surface area (TPSA) is 45.2 Å². The van der Waals surface area contributed by atoms with Gasteiger partial charge in [0.25, 0.3) is 0 Å². The normalized spacial score (nSPS) is 40.0. The molecule has 2 fully saturated rings. The molecule has 2 saturated heterocycles. The van der Waals surface area contributed by atoms with Crippen molar-refractivity contribution in [2.24, 2.45) is 0 Å². The van der Waals surface area contributed by atoms with Crippen molar-refractivity contribution in [2.75, 3.05) is 47.1 Å². The van der Waals surface area contributed by atoms with E-state index in [-0.39, 0.29) is 12.6 Å². The highest BCUT2D eigenvalue weighted by Crippen LogP contribution is 2.20. The Kier molecular flexibility index (Phi) is 4.98. The second-order valence-corrected chi connectivity index (χ2v) is 5.67. The van der Waals surface area contributed by atoms with Crippen LogP contribution in [0.5, 0.6) is 0 Å². The lowest BCUT2D eigenvalue weighted by Crippen LogP contribution is -2.55. The maximum atomic E-state index is 9.32. The minimum Gasteiger partial charge on any atom is -0.395 e. The zero-order valence-electron chi connectivity index (χ0n) is 11.7. The molecular formula is C13H26N2O3. The fourth-order valence-corrected chi connectivity index (χ4v) is 2.86. The van der Waals surface area contributed by atoms with Crippen molar-refractivity contribution in [2.45, 2.75) is 37.6 Å². The summed E-state index contributed by atoms with van der Waals surface area (Å²) < 4.78 is 11.3. The van der Waals surface area contributed by atoms with Gasteiger partial charge in [0.1, 0.15) is 0 Å². The summed E-state index contributed by atoms with van der Waals surface area (Å²) >= 11 is 0. The van der Waals surface area contributed by atoms with Gasteiger partial charge < -0.3 is 14.6 Å². The zero-order valence-corrected chi connectivity index (χ0v) is 11.7.